The van der Waals surface area contributed by atoms with Crippen molar-refractivity contribution in [2.75, 3.05) is 60.4 Å². The Morgan fingerprint density at radius 3 is 2.67 bits per heavy atom. The number of sulfone groups is 1. The number of aliphatic hydroxyl groups excluding tert-OH is 1. The Hall–Kier alpha value is -3.02. The van der Waals surface area contributed by atoms with E-state index in [-0.39, 0.29) is 17.6 Å². The van der Waals surface area contributed by atoms with Crippen LogP contribution in [0.2, 0.25) is 0 Å². The van der Waals surface area contributed by atoms with E-state index in [0.29, 0.717) is 37.1 Å². The van der Waals surface area contributed by atoms with E-state index in [0.717, 1.165) is 29.9 Å². The molecule has 0 spiro atoms. The standard InChI is InChI=1S/C29H42N6O4S/c1-19(2)22-8-9-24(35-15-21(16-35)17-40(7,37)38)20(3)23(22)14-27(30-5)32-26-10-12-31-28(33-26)34-13-11-25(36)29(4,18-34)39-6/h8-10,12,14,19,21,25,36H,5,11,13,15-18H2,1-4,6-7H3,(H,31,32,33)/b27-14+/t25-,29+/m1/s1. The van der Waals surface area contributed by atoms with Crippen LogP contribution in [0.1, 0.15) is 49.8 Å². The lowest BCUT2D eigenvalue weighted by atomic mass is 9.90. The molecular weight excluding hydrogens is 528 g/mol. The number of ether oxygens (including phenoxy) is 1. The summed E-state index contributed by atoms with van der Waals surface area (Å²) in [5.74, 6) is 2.35. The molecule has 0 radical (unpaired) electrons. The van der Waals surface area contributed by atoms with Gasteiger partial charge in [0.15, 0.2) is 0 Å². The van der Waals surface area contributed by atoms with Gasteiger partial charge in [-0.2, -0.15) is 4.98 Å². The van der Waals surface area contributed by atoms with Crippen molar-refractivity contribution in [3.05, 3.63) is 46.9 Å². The lowest BCUT2D eigenvalue weighted by Crippen LogP contribution is -2.56. The molecule has 4 rings (SSSR count). The predicted octanol–water partition coefficient (Wildman–Crippen LogP) is 3.48. The zero-order chi connectivity index (χ0) is 29.2. The third-order valence-electron chi connectivity index (χ3n) is 7.96. The summed E-state index contributed by atoms with van der Waals surface area (Å²) in [7, 11) is -1.38. The van der Waals surface area contributed by atoms with Gasteiger partial charge in [-0.1, -0.05) is 19.9 Å². The summed E-state index contributed by atoms with van der Waals surface area (Å²) in [5, 5.41) is 13.7. The van der Waals surface area contributed by atoms with Gasteiger partial charge in [0.2, 0.25) is 5.95 Å². The highest BCUT2D eigenvalue weighted by molar-refractivity contribution is 7.90. The highest BCUT2D eigenvalue weighted by Gasteiger charge is 2.39. The zero-order valence-corrected chi connectivity index (χ0v) is 25.2. The van der Waals surface area contributed by atoms with Gasteiger partial charge in [-0.05, 0) is 67.8 Å². The van der Waals surface area contributed by atoms with E-state index in [9.17, 15) is 13.5 Å². The Kier molecular flexibility index (Phi) is 8.86. The van der Waals surface area contributed by atoms with Crippen molar-refractivity contribution in [1.29, 1.82) is 0 Å². The fourth-order valence-corrected chi connectivity index (χ4v) is 6.62. The number of piperidine rings is 1. The van der Waals surface area contributed by atoms with Crippen LogP contribution in [0.15, 0.2) is 35.2 Å². The summed E-state index contributed by atoms with van der Waals surface area (Å²) in [6.45, 7) is 14.6. The van der Waals surface area contributed by atoms with Gasteiger partial charge in [0.25, 0.3) is 0 Å². The number of benzene rings is 1. The monoisotopic (exact) mass is 570 g/mol. The van der Waals surface area contributed by atoms with Crippen molar-refractivity contribution in [2.45, 2.75) is 51.7 Å². The first-order valence-corrected chi connectivity index (χ1v) is 15.7. The van der Waals surface area contributed by atoms with Crippen LogP contribution >= 0.6 is 0 Å². The minimum atomic E-state index is -2.99. The summed E-state index contributed by atoms with van der Waals surface area (Å²) in [5.41, 5.74) is 3.76. The van der Waals surface area contributed by atoms with Crippen LogP contribution < -0.4 is 15.1 Å². The molecule has 1 aromatic carbocycles. The van der Waals surface area contributed by atoms with Crippen molar-refractivity contribution in [3.8, 4) is 0 Å². The summed E-state index contributed by atoms with van der Waals surface area (Å²) in [6, 6.07) is 6.06. The Labute approximate surface area is 238 Å². The molecule has 2 fully saturated rings. The summed E-state index contributed by atoms with van der Waals surface area (Å²) in [4.78, 5) is 17.7. The van der Waals surface area contributed by atoms with E-state index in [1.165, 1.54) is 11.8 Å². The maximum Gasteiger partial charge on any atom is 0.227 e. The lowest BCUT2D eigenvalue weighted by Gasteiger charge is -2.42. The molecule has 2 aromatic rings. The van der Waals surface area contributed by atoms with Gasteiger partial charge in [0.05, 0.1) is 18.4 Å². The van der Waals surface area contributed by atoms with Crippen LogP contribution in [-0.4, -0.2) is 87.2 Å². The molecule has 2 atom stereocenters. The number of aliphatic hydroxyl groups is 1. The Bertz CT molecular complexity index is 1370. The van der Waals surface area contributed by atoms with Crippen LogP contribution in [0.25, 0.3) is 6.08 Å². The number of hydrogen-bond donors (Lipinski definition) is 2. The smallest absolute Gasteiger partial charge is 0.227 e. The summed E-state index contributed by atoms with van der Waals surface area (Å²) in [6.07, 6.45) is 5.00. The molecule has 2 aliphatic heterocycles. The van der Waals surface area contributed by atoms with E-state index in [1.807, 2.05) is 17.9 Å². The Morgan fingerprint density at radius 2 is 2.05 bits per heavy atom. The first-order chi connectivity index (χ1) is 18.8. The Morgan fingerprint density at radius 1 is 1.32 bits per heavy atom. The van der Waals surface area contributed by atoms with Crippen molar-refractivity contribution < 1.29 is 18.3 Å². The van der Waals surface area contributed by atoms with Gasteiger partial charge in [0, 0.05) is 50.8 Å². The van der Waals surface area contributed by atoms with Gasteiger partial charge < -0.3 is 25.0 Å². The van der Waals surface area contributed by atoms with Gasteiger partial charge in [-0.3, -0.25) is 0 Å². The molecule has 10 nitrogen and oxygen atoms in total. The molecule has 0 unspecified atom stereocenters. The summed E-state index contributed by atoms with van der Waals surface area (Å²) < 4.78 is 29.0. The fourth-order valence-electron chi connectivity index (χ4n) is 5.55. The van der Waals surface area contributed by atoms with E-state index in [1.54, 1.807) is 19.4 Å². The van der Waals surface area contributed by atoms with Gasteiger partial charge >= 0.3 is 0 Å². The van der Waals surface area contributed by atoms with Crippen molar-refractivity contribution >= 4 is 40.1 Å². The van der Waals surface area contributed by atoms with E-state index >= 15 is 0 Å². The largest absolute Gasteiger partial charge is 0.390 e. The van der Waals surface area contributed by atoms with Gasteiger partial charge in [0.1, 0.15) is 27.1 Å². The van der Waals surface area contributed by atoms with E-state index in [2.05, 4.69) is 59.8 Å². The van der Waals surface area contributed by atoms with Crippen LogP contribution in [0.3, 0.4) is 0 Å². The third-order valence-corrected chi connectivity index (χ3v) is 9.04. The summed E-state index contributed by atoms with van der Waals surface area (Å²) >= 11 is 0. The van der Waals surface area contributed by atoms with Crippen molar-refractivity contribution in [1.82, 2.24) is 9.97 Å². The molecule has 218 valence electrons. The fraction of sp³-hybridized carbons (Fsp3) is 0.552. The van der Waals surface area contributed by atoms with Crippen LogP contribution in [0.5, 0.6) is 0 Å². The van der Waals surface area contributed by atoms with Crippen LogP contribution in [0, 0.1) is 12.8 Å². The molecule has 2 aliphatic rings. The number of aromatic nitrogens is 2. The lowest BCUT2D eigenvalue weighted by molar-refractivity contribution is -0.0962. The average molecular weight is 571 g/mol. The number of nitrogens with zero attached hydrogens (tertiary/aromatic N) is 5. The molecule has 1 aromatic heterocycles. The first-order valence-electron chi connectivity index (χ1n) is 13.7. The Balaban J connectivity index is 1.58. The third kappa shape index (κ3) is 6.64. The van der Waals surface area contributed by atoms with Gasteiger partial charge in [-0.25, -0.2) is 18.4 Å². The second-order valence-corrected chi connectivity index (χ2v) is 13.7. The average Bonchev–Trinajstić information content (AvgIpc) is 2.88. The number of methoxy groups -OCH3 is 1. The number of hydrogen-bond acceptors (Lipinski definition) is 10. The second kappa shape index (κ2) is 11.8. The molecule has 3 heterocycles. The van der Waals surface area contributed by atoms with E-state index < -0.39 is 21.5 Å². The predicted molar refractivity (Wildman–Crippen MR) is 162 cm³/mol. The molecule has 0 amide bonds. The van der Waals surface area contributed by atoms with Crippen LogP contribution in [0.4, 0.5) is 17.5 Å². The topological polar surface area (TPSA) is 120 Å². The quantitative estimate of drug-likeness (QED) is 0.414. The second-order valence-electron chi connectivity index (χ2n) is 11.5. The molecule has 40 heavy (non-hydrogen) atoms. The maximum absolute atomic E-state index is 11.7. The minimum Gasteiger partial charge on any atom is -0.390 e. The number of nitrogens with one attached hydrogen (secondary N) is 1. The molecular formula is C29H42N6O4S. The highest BCUT2D eigenvalue weighted by atomic mass is 32.2. The molecule has 0 aliphatic carbocycles. The van der Waals surface area contributed by atoms with Crippen molar-refractivity contribution in [3.63, 3.8) is 0 Å². The minimum absolute atomic E-state index is 0.155. The normalized spacial score (nSPS) is 22.4. The van der Waals surface area contributed by atoms with E-state index in [4.69, 9.17) is 9.72 Å². The molecule has 0 saturated carbocycles. The molecule has 2 N–H and O–H groups in total. The van der Waals surface area contributed by atoms with Gasteiger partial charge in [-0.15, -0.1) is 0 Å². The maximum atomic E-state index is 11.7. The first kappa shape index (κ1) is 30.0. The molecule has 2 saturated heterocycles. The zero-order valence-electron chi connectivity index (χ0n) is 24.4. The number of aliphatic imine (C=N–C) groups is 1. The molecule has 0 bridgehead atoms. The molecule has 11 heteroatoms. The number of rotatable bonds is 10. The number of anilines is 3. The highest BCUT2D eigenvalue weighted by Crippen LogP contribution is 2.35. The SMILES string of the molecule is C=N/C(=C\c1c(C(C)C)ccc(N2CC(CS(C)(=O)=O)C2)c1C)Nc1ccnc(N2CC[C@@H](O)[C@@](C)(OC)C2)n1. The van der Waals surface area contributed by atoms with Crippen LogP contribution in [-0.2, 0) is 14.6 Å². The van der Waals surface area contributed by atoms with Crippen molar-refractivity contribution in [2.24, 2.45) is 10.9 Å².